The van der Waals surface area contributed by atoms with Gasteiger partial charge in [0, 0.05) is 32.0 Å². The SMILES string of the molecule is COc1cccc(CCNc2cncc(C(=O)N3CCc4ccccc4C3)c2)c1. The van der Waals surface area contributed by atoms with E-state index in [1.54, 1.807) is 19.5 Å². The number of carbonyl (C=O) groups excluding carboxylic acids is 1. The summed E-state index contributed by atoms with van der Waals surface area (Å²) in [4.78, 5) is 19.1. The van der Waals surface area contributed by atoms with Crippen molar-refractivity contribution in [3.63, 3.8) is 0 Å². The molecule has 0 aliphatic carbocycles. The van der Waals surface area contributed by atoms with E-state index in [1.165, 1.54) is 16.7 Å². The average Bonchev–Trinajstić information content (AvgIpc) is 2.78. The largest absolute Gasteiger partial charge is 0.497 e. The van der Waals surface area contributed by atoms with Gasteiger partial charge in [0.2, 0.25) is 0 Å². The van der Waals surface area contributed by atoms with E-state index in [4.69, 9.17) is 4.74 Å². The van der Waals surface area contributed by atoms with Crippen molar-refractivity contribution in [3.05, 3.63) is 89.2 Å². The lowest BCUT2D eigenvalue weighted by Crippen LogP contribution is -2.36. The molecule has 29 heavy (non-hydrogen) atoms. The summed E-state index contributed by atoms with van der Waals surface area (Å²) in [6, 6.07) is 18.3. The number of amides is 1. The zero-order valence-electron chi connectivity index (χ0n) is 16.6. The van der Waals surface area contributed by atoms with Crippen molar-refractivity contribution in [2.45, 2.75) is 19.4 Å². The molecule has 1 N–H and O–H groups in total. The minimum absolute atomic E-state index is 0.0310. The molecule has 0 saturated carbocycles. The molecule has 0 atom stereocenters. The first-order valence-electron chi connectivity index (χ1n) is 9.91. The van der Waals surface area contributed by atoms with Gasteiger partial charge in [-0.15, -0.1) is 0 Å². The Bertz CT molecular complexity index is 1000. The minimum Gasteiger partial charge on any atom is -0.497 e. The number of carbonyl (C=O) groups is 1. The third kappa shape index (κ3) is 4.57. The zero-order valence-corrected chi connectivity index (χ0v) is 16.6. The van der Waals surface area contributed by atoms with E-state index in [1.807, 2.05) is 35.2 Å². The summed E-state index contributed by atoms with van der Waals surface area (Å²) in [5.41, 5.74) is 5.24. The summed E-state index contributed by atoms with van der Waals surface area (Å²) < 4.78 is 5.27. The maximum absolute atomic E-state index is 13.0. The number of nitrogens with zero attached hydrogens (tertiary/aromatic N) is 2. The molecule has 2 aromatic carbocycles. The molecule has 0 unspecified atom stereocenters. The number of anilines is 1. The van der Waals surface area contributed by atoms with E-state index in [-0.39, 0.29) is 5.91 Å². The minimum atomic E-state index is 0.0310. The second-order valence-electron chi connectivity index (χ2n) is 7.24. The number of benzene rings is 2. The topological polar surface area (TPSA) is 54.5 Å². The molecule has 3 aromatic rings. The highest BCUT2D eigenvalue weighted by molar-refractivity contribution is 5.94. The van der Waals surface area contributed by atoms with Crippen LogP contribution in [0.4, 0.5) is 5.69 Å². The predicted octanol–water partition coefficient (Wildman–Crippen LogP) is 3.94. The van der Waals surface area contributed by atoms with Gasteiger partial charge in [0.1, 0.15) is 5.75 Å². The number of hydrogen-bond donors (Lipinski definition) is 1. The molecule has 1 aliphatic rings. The van der Waals surface area contributed by atoms with Crippen LogP contribution in [0.1, 0.15) is 27.0 Å². The van der Waals surface area contributed by atoms with Gasteiger partial charge in [-0.05, 0) is 47.7 Å². The first-order valence-corrected chi connectivity index (χ1v) is 9.91. The van der Waals surface area contributed by atoms with Crippen LogP contribution in [0.15, 0.2) is 67.0 Å². The fraction of sp³-hybridized carbons (Fsp3) is 0.250. The monoisotopic (exact) mass is 387 g/mol. The van der Waals surface area contributed by atoms with E-state index in [0.29, 0.717) is 12.1 Å². The fourth-order valence-electron chi connectivity index (χ4n) is 3.68. The maximum atomic E-state index is 13.0. The number of aromatic nitrogens is 1. The van der Waals surface area contributed by atoms with E-state index in [0.717, 1.165) is 37.4 Å². The van der Waals surface area contributed by atoms with Crippen molar-refractivity contribution in [2.75, 3.05) is 25.5 Å². The molecule has 2 heterocycles. The molecule has 1 amide bonds. The van der Waals surface area contributed by atoms with Crippen molar-refractivity contribution < 1.29 is 9.53 Å². The van der Waals surface area contributed by atoms with Gasteiger partial charge in [-0.3, -0.25) is 9.78 Å². The van der Waals surface area contributed by atoms with Crippen molar-refractivity contribution in [2.24, 2.45) is 0 Å². The number of pyridine rings is 1. The summed E-state index contributed by atoms with van der Waals surface area (Å²) in [7, 11) is 1.67. The molecule has 0 bridgehead atoms. The molecular weight excluding hydrogens is 362 g/mol. The van der Waals surface area contributed by atoms with Crippen LogP contribution in [-0.4, -0.2) is 36.0 Å². The molecule has 5 nitrogen and oxygen atoms in total. The summed E-state index contributed by atoms with van der Waals surface area (Å²) in [6.07, 6.45) is 5.16. The molecule has 5 heteroatoms. The van der Waals surface area contributed by atoms with E-state index in [9.17, 15) is 4.79 Å². The number of fused-ring (bicyclic) bond motifs is 1. The summed E-state index contributed by atoms with van der Waals surface area (Å²) in [5, 5.41) is 3.37. The second-order valence-corrected chi connectivity index (χ2v) is 7.24. The number of nitrogens with one attached hydrogen (secondary N) is 1. The molecule has 0 spiro atoms. The van der Waals surface area contributed by atoms with Crippen LogP contribution in [0, 0.1) is 0 Å². The quantitative estimate of drug-likeness (QED) is 0.696. The van der Waals surface area contributed by atoms with Gasteiger partial charge in [0.05, 0.1) is 18.4 Å². The van der Waals surface area contributed by atoms with Gasteiger partial charge in [0.15, 0.2) is 0 Å². The van der Waals surface area contributed by atoms with Gasteiger partial charge in [-0.25, -0.2) is 0 Å². The summed E-state index contributed by atoms with van der Waals surface area (Å²) in [6.45, 7) is 2.15. The molecule has 148 valence electrons. The van der Waals surface area contributed by atoms with Crippen LogP contribution in [0.2, 0.25) is 0 Å². The van der Waals surface area contributed by atoms with Crippen molar-refractivity contribution in [1.82, 2.24) is 9.88 Å². The molecule has 4 rings (SSSR count). The normalized spacial score (nSPS) is 12.9. The Morgan fingerprint density at radius 2 is 1.97 bits per heavy atom. The van der Waals surface area contributed by atoms with Gasteiger partial charge in [0.25, 0.3) is 5.91 Å². The van der Waals surface area contributed by atoms with Crippen LogP contribution >= 0.6 is 0 Å². The Balaban J connectivity index is 1.37. The molecular formula is C24H25N3O2. The number of ether oxygens (including phenoxy) is 1. The smallest absolute Gasteiger partial charge is 0.255 e. The lowest BCUT2D eigenvalue weighted by Gasteiger charge is -2.29. The third-order valence-electron chi connectivity index (χ3n) is 5.28. The van der Waals surface area contributed by atoms with Crippen LogP contribution in [-0.2, 0) is 19.4 Å². The molecule has 1 aliphatic heterocycles. The van der Waals surface area contributed by atoms with Crippen LogP contribution in [0.3, 0.4) is 0 Å². The lowest BCUT2D eigenvalue weighted by molar-refractivity contribution is 0.0734. The van der Waals surface area contributed by atoms with Gasteiger partial charge in [-0.2, -0.15) is 0 Å². The number of methoxy groups -OCH3 is 1. The Labute approximate surface area is 171 Å². The first kappa shape index (κ1) is 19.0. The molecule has 0 saturated heterocycles. The third-order valence-corrected chi connectivity index (χ3v) is 5.28. The van der Waals surface area contributed by atoms with Gasteiger partial charge in [-0.1, -0.05) is 36.4 Å². The van der Waals surface area contributed by atoms with E-state index < -0.39 is 0 Å². The Morgan fingerprint density at radius 3 is 2.83 bits per heavy atom. The highest BCUT2D eigenvalue weighted by Gasteiger charge is 2.21. The standard InChI is InChI=1S/C24H25N3O2/c1-29-23-8-4-5-18(13-23)9-11-26-22-14-21(15-25-16-22)24(28)27-12-10-19-6-2-3-7-20(19)17-27/h2-8,13-16,26H,9-12,17H2,1H3. The van der Waals surface area contributed by atoms with Gasteiger partial charge < -0.3 is 15.0 Å². The number of hydrogen-bond acceptors (Lipinski definition) is 4. The van der Waals surface area contributed by atoms with E-state index >= 15 is 0 Å². The van der Waals surface area contributed by atoms with Crippen molar-refractivity contribution in [3.8, 4) is 5.75 Å². The average molecular weight is 387 g/mol. The second kappa shape index (κ2) is 8.78. The first-order chi connectivity index (χ1) is 14.2. The van der Waals surface area contributed by atoms with Gasteiger partial charge >= 0.3 is 0 Å². The van der Waals surface area contributed by atoms with Crippen molar-refractivity contribution >= 4 is 11.6 Å². The fourth-order valence-corrected chi connectivity index (χ4v) is 3.68. The summed E-state index contributed by atoms with van der Waals surface area (Å²) in [5.74, 6) is 0.892. The van der Waals surface area contributed by atoms with Crippen molar-refractivity contribution in [1.29, 1.82) is 0 Å². The maximum Gasteiger partial charge on any atom is 0.255 e. The number of rotatable bonds is 6. The van der Waals surface area contributed by atoms with Crippen LogP contribution in [0.5, 0.6) is 5.75 Å². The Morgan fingerprint density at radius 1 is 1.10 bits per heavy atom. The van der Waals surface area contributed by atoms with Crippen LogP contribution in [0.25, 0.3) is 0 Å². The highest BCUT2D eigenvalue weighted by Crippen LogP contribution is 2.21. The van der Waals surface area contributed by atoms with E-state index in [2.05, 4.69) is 34.6 Å². The molecule has 0 radical (unpaired) electrons. The zero-order chi connectivity index (χ0) is 20.1. The molecule has 1 aromatic heterocycles. The predicted molar refractivity (Wildman–Crippen MR) is 114 cm³/mol. The highest BCUT2D eigenvalue weighted by atomic mass is 16.5. The van der Waals surface area contributed by atoms with Crippen LogP contribution < -0.4 is 10.1 Å². The Hall–Kier alpha value is -3.34. The summed E-state index contributed by atoms with van der Waals surface area (Å²) >= 11 is 0. The Kier molecular flexibility index (Phi) is 5.75. The lowest BCUT2D eigenvalue weighted by atomic mass is 9.99. The molecule has 0 fully saturated rings.